The summed E-state index contributed by atoms with van der Waals surface area (Å²) in [5, 5.41) is 10.6. The summed E-state index contributed by atoms with van der Waals surface area (Å²) in [4.78, 5) is 72.6. The van der Waals surface area contributed by atoms with E-state index in [2.05, 4.69) is 48.5 Å². The molecule has 540 valence electrons. The van der Waals surface area contributed by atoms with E-state index in [-0.39, 0.29) is 25.7 Å². The minimum absolute atomic E-state index is 0.103. The first-order chi connectivity index (χ1) is 43.8. The zero-order valence-corrected chi connectivity index (χ0v) is 61.1. The van der Waals surface area contributed by atoms with Gasteiger partial charge in [-0.2, -0.15) is 0 Å². The van der Waals surface area contributed by atoms with E-state index >= 15 is 0 Å². The van der Waals surface area contributed by atoms with Crippen molar-refractivity contribution in [2.24, 2.45) is 17.8 Å². The van der Waals surface area contributed by atoms with Gasteiger partial charge in [0.05, 0.1) is 26.4 Å². The van der Waals surface area contributed by atoms with Gasteiger partial charge in [-0.1, -0.05) is 312 Å². The Balaban J connectivity index is 5.23. The highest BCUT2D eigenvalue weighted by molar-refractivity contribution is 7.47. The van der Waals surface area contributed by atoms with Gasteiger partial charge in [-0.15, -0.1) is 0 Å². The summed E-state index contributed by atoms with van der Waals surface area (Å²) in [6.07, 6.45) is 47.2. The summed E-state index contributed by atoms with van der Waals surface area (Å²) in [5.74, 6) is 0.175. The van der Waals surface area contributed by atoms with E-state index < -0.39 is 97.5 Å². The predicted octanol–water partition coefficient (Wildman–Crippen LogP) is 20.6. The van der Waals surface area contributed by atoms with Gasteiger partial charge in [-0.25, -0.2) is 9.13 Å². The van der Waals surface area contributed by atoms with Crippen LogP contribution in [-0.2, 0) is 65.4 Å². The fourth-order valence-corrected chi connectivity index (χ4v) is 12.4. The lowest BCUT2D eigenvalue weighted by atomic mass is 9.99. The number of carbonyl (C=O) groups excluding carboxylic acids is 4. The molecular formula is C72H140O17P2. The SMILES string of the molecule is CCCCCCCCCCCCC(=O)OC[C@H](COP(=O)(O)OC[C@H](O)COP(=O)(O)OC[C@@H](COC(=O)CCCCCCCCCCCCC(C)C)OC(=O)CCCCCCCCCCCCCCCCC(C)CC)OC(=O)CCCCCCCCCC(C)C. The summed E-state index contributed by atoms with van der Waals surface area (Å²) >= 11 is 0. The van der Waals surface area contributed by atoms with Gasteiger partial charge in [0.1, 0.15) is 19.3 Å². The molecule has 0 heterocycles. The number of aliphatic hydroxyl groups is 1. The fourth-order valence-electron chi connectivity index (χ4n) is 10.9. The molecule has 0 saturated carbocycles. The minimum atomic E-state index is -4.95. The molecule has 0 aliphatic rings. The molecule has 0 aliphatic carbocycles. The minimum Gasteiger partial charge on any atom is -0.462 e. The maximum absolute atomic E-state index is 13.0. The molecule has 19 heteroatoms. The second kappa shape index (κ2) is 62.8. The number of hydrogen-bond acceptors (Lipinski definition) is 15. The Morgan fingerprint density at radius 3 is 0.835 bits per heavy atom. The molecule has 0 radical (unpaired) electrons. The highest BCUT2D eigenvalue weighted by atomic mass is 31.2. The molecular weight excluding hydrogens is 1200 g/mol. The van der Waals surface area contributed by atoms with Crippen molar-refractivity contribution in [3.05, 3.63) is 0 Å². The lowest BCUT2D eigenvalue weighted by Crippen LogP contribution is -2.30. The van der Waals surface area contributed by atoms with Crippen LogP contribution in [0.1, 0.15) is 363 Å². The van der Waals surface area contributed by atoms with Gasteiger partial charge in [0.25, 0.3) is 0 Å². The van der Waals surface area contributed by atoms with Crippen LogP contribution >= 0.6 is 15.6 Å². The van der Waals surface area contributed by atoms with Crippen molar-refractivity contribution in [2.45, 2.75) is 381 Å². The quantitative estimate of drug-likeness (QED) is 0.0222. The number of aliphatic hydroxyl groups excluding tert-OH is 1. The number of phosphoric acid groups is 2. The van der Waals surface area contributed by atoms with E-state index in [1.54, 1.807) is 0 Å². The van der Waals surface area contributed by atoms with Crippen molar-refractivity contribution >= 4 is 39.5 Å². The van der Waals surface area contributed by atoms with E-state index in [1.165, 1.54) is 173 Å². The number of phosphoric ester groups is 2. The topological polar surface area (TPSA) is 237 Å². The lowest BCUT2D eigenvalue weighted by Gasteiger charge is -2.21. The summed E-state index contributed by atoms with van der Waals surface area (Å²) in [6, 6.07) is 0. The van der Waals surface area contributed by atoms with Crippen molar-refractivity contribution in [2.75, 3.05) is 39.6 Å². The van der Waals surface area contributed by atoms with Gasteiger partial charge in [0.2, 0.25) is 0 Å². The Morgan fingerprint density at radius 2 is 0.560 bits per heavy atom. The summed E-state index contributed by atoms with van der Waals surface area (Å²) in [7, 11) is -9.90. The van der Waals surface area contributed by atoms with Crippen LogP contribution in [0.5, 0.6) is 0 Å². The van der Waals surface area contributed by atoms with Crippen molar-refractivity contribution in [1.29, 1.82) is 0 Å². The van der Waals surface area contributed by atoms with E-state index in [1.807, 2.05) is 0 Å². The van der Waals surface area contributed by atoms with Crippen LogP contribution in [0.4, 0.5) is 0 Å². The molecule has 0 saturated heterocycles. The van der Waals surface area contributed by atoms with Crippen LogP contribution in [0, 0.1) is 17.8 Å². The molecule has 0 amide bonds. The number of carbonyl (C=O) groups is 4. The zero-order valence-electron chi connectivity index (χ0n) is 59.3. The summed E-state index contributed by atoms with van der Waals surface area (Å²) in [5.41, 5.74) is 0. The Hall–Kier alpha value is -1.94. The van der Waals surface area contributed by atoms with E-state index in [0.29, 0.717) is 31.6 Å². The number of ether oxygens (including phenoxy) is 4. The molecule has 0 aromatic rings. The molecule has 0 fully saturated rings. The molecule has 0 bridgehead atoms. The highest BCUT2D eigenvalue weighted by Gasteiger charge is 2.30. The Morgan fingerprint density at radius 1 is 0.319 bits per heavy atom. The average Bonchev–Trinajstić information content (AvgIpc) is 3.30. The third-order valence-electron chi connectivity index (χ3n) is 17.0. The number of unbranched alkanes of at least 4 members (excludes halogenated alkanes) is 37. The first kappa shape index (κ1) is 89.1. The molecule has 0 aliphatic heterocycles. The van der Waals surface area contributed by atoms with Crippen LogP contribution in [0.15, 0.2) is 0 Å². The Kier molecular flexibility index (Phi) is 61.5. The lowest BCUT2D eigenvalue weighted by molar-refractivity contribution is -0.161. The van der Waals surface area contributed by atoms with E-state index in [4.69, 9.17) is 37.0 Å². The number of esters is 4. The standard InChI is InChI=1S/C72H140O17P2/c1-8-10-11-12-13-14-25-32-39-46-53-69(74)82-60-68(89-72(77)56-49-42-35-28-30-37-44-51-64(5)6)62-87-91(80,81)85-58-66(73)57-84-90(78,79)86-61-67(59-83-70(75)54-47-40-33-26-22-21-23-29-36-43-50-63(3)4)88-71(76)55-48-41-34-27-20-18-16-15-17-19-24-31-38-45-52-65(7)9-2/h63-68,73H,8-62H2,1-7H3,(H,78,79)(H,80,81)/t65?,66-,67-,68-/m1/s1. The third-order valence-corrected chi connectivity index (χ3v) is 18.9. The first-order valence-electron chi connectivity index (χ1n) is 37.4. The van der Waals surface area contributed by atoms with Crippen molar-refractivity contribution in [3.63, 3.8) is 0 Å². The van der Waals surface area contributed by atoms with E-state index in [9.17, 15) is 43.2 Å². The first-order valence-corrected chi connectivity index (χ1v) is 40.4. The van der Waals surface area contributed by atoms with Crippen molar-refractivity contribution in [1.82, 2.24) is 0 Å². The second-order valence-electron chi connectivity index (χ2n) is 27.2. The second-order valence-corrected chi connectivity index (χ2v) is 30.1. The average molecular weight is 1340 g/mol. The number of hydrogen-bond donors (Lipinski definition) is 3. The third kappa shape index (κ3) is 65.1. The number of rotatable bonds is 70. The predicted molar refractivity (Wildman–Crippen MR) is 368 cm³/mol. The largest absolute Gasteiger partial charge is 0.472 e. The van der Waals surface area contributed by atoms with Gasteiger partial charge >= 0.3 is 39.5 Å². The molecule has 17 nitrogen and oxygen atoms in total. The van der Waals surface area contributed by atoms with Crippen LogP contribution < -0.4 is 0 Å². The maximum Gasteiger partial charge on any atom is 0.472 e. The van der Waals surface area contributed by atoms with E-state index in [0.717, 1.165) is 102 Å². The summed E-state index contributed by atoms with van der Waals surface area (Å²) < 4.78 is 68.3. The fraction of sp³-hybridized carbons (Fsp3) is 0.944. The van der Waals surface area contributed by atoms with Gasteiger partial charge in [0, 0.05) is 25.7 Å². The van der Waals surface area contributed by atoms with Crippen LogP contribution in [-0.4, -0.2) is 96.7 Å². The molecule has 0 rings (SSSR count). The molecule has 0 aromatic carbocycles. The monoisotopic (exact) mass is 1340 g/mol. The van der Waals surface area contributed by atoms with Gasteiger partial charge in [0.15, 0.2) is 12.2 Å². The maximum atomic E-state index is 13.0. The van der Waals surface area contributed by atoms with Crippen LogP contribution in [0.25, 0.3) is 0 Å². The molecule has 3 unspecified atom stereocenters. The Bertz CT molecular complexity index is 1790. The molecule has 0 spiro atoms. The van der Waals surface area contributed by atoms with Gasteiger partial charge < -0.3 is 33.8 Å². The normalized spacial score (nSPS) is 14.5. The smallest absolute Gasteiger partial charge is 0.462 e. The van der Waals surface area contributed by atoms with Gasteiger partial charge in [-0.05, 0) is 43.4 Å². The molecule has 0 aromatic heterocycles. The van der Waals surface area contributed by atoms with Crippen molar-refractivity contribution in [3.8, 4) is 0 Å². The molecule has 3 N–H and O–H groups in total. The van der Waals surface area contributed by atoms with Gasteiger partial charge in [-0.3, -0.25) is 37.3 Å². The molecule has 91 heavy (non-hydrogen) atoms. The van der Waals surface area contributed by atoms with Crippen LogP contribution in [0.2, 0.25) is 0 Å². The summed E-state index contributed by atoms with van der Waals surface area (Å²) in [6.45, 7) is 11.8. The molecule has 6 atom stereocenters. The van der Waals surface area contributed by atoms with Crippen LogP contribution in [0.3, 0.4) is 0 Å². The highest BCUT2D eigenvalue weighted by Crippen LogP contribution is 2.45. The van der Waals surface area contributed by atoms with Crippen molar-refractivity contribution < 1.29 is 80.2 Å². The Labute approximate surface area is 556 Å². The zero-order chi connectivity index (χ0) is 67.3.